The Morgan fingerprint density at radius 2 is 1.69 bits per heavy atom. The second kappa shape index (κ2) is 9.15. The molecule has 32 heavy (non-hydrogen) atoms. The number of halogens is 1. The van der Waals surface area contributed by atoms with E-state index in [4.69, 9.17) is 0 Å². The molecule has 0 bridgehead atoms. The number of anilines is 3. The zero-order valence-electron chi connectivity index (χ0n) is 17.1. The lowest BCUT2D eigenvalue weighted by Gasteiger charge is -2.10. The Bertz CT molecular complexity index is 1340. The molecule has 0 saturated heterocycles. The predicted molar refractivity (Wildman–Crippen MR) is 130 cm³/mol. The van der Waals surface area contributed by atoms with Crippen molar-refractivity contribution in [1.82, 2.24) is 24.5 Å². The highest BCUT2D eigenvalue weighted by molar-refractivity contribution is 9.10. The van der Waals surface area contributed by atoms with Gasteiger partial charge < -0.3 is 15.2 Å². The largest absolute Gasteiger partial charge is 0.363 e. The Kier molecular flexibility index (Phi) is 5.76. The van der Waals surface area contributed by atoms with E-state index in [9.17, 15) is 0 Å². The van der Waals surface area contributed by atoms with Gasteiger partial charge in [0.05, 0.1) is 29.0 Å². The second-order valence-electron chi connectivity index (χ2n) is 7.23. The topological polar surface area (TPSA) is 80.5 Å². The van der Waals surface area contributed by atoms with Gasteiger partial charge in [0.1, 0.15) is 5.82 Å². The minimum absolute atomic E-state index is 0.518. The molecule has 1 aromatic carbocycles. The summed E-state index contributed by atoms with van der Waals surface area (Å²) >= 11 is 3.51. The van der Waals surface area contributed by atoms with Gasteiger partial charge in [-0.1, -0.05) is 12.1 Å². The lowest BCUT2D eigenvalue weighted by Crippen LogP contribution is -2.06. The molecule has 0 atom stereocenters. The smallest absolute Gasteiger partial charge is 0.229 e. The molecular weight excluding hydrogens is 466 g/mol. The van der Waals surface area contributed by atoms with E-state index in [1.165, 1.54) is 0 Å². The number of rotatable bonds is 7. The monoisotopic (exact) mass is 485 g/mol. The maximum absolute atomic E-state index is 4.60. The third-order valence-electron chi connectivity index (χ3n) is 4.99. The summed E-state index contributed by atoms with van der Waals surface area (Å²) in [6, 6.07) is 20.1. The van der Waals surface area contributed by atoms with Crippen LogP contribution in [0.1, 0.15) is 11.4 Å². The minimum Gasteiger partial charge on any atom is -0.363 e. The first-order valence-corrected chi connectivity index (χ1v) is 11.0. The Morgan fingerprint density at radius 1 is 0.875 bits per heavy atom. The van der Waals surface area contributed by atoms with Crippen LogP contribution < -0.4 is 10.6 Å². The highest BCUT2D eigenvalue weighted by atomic mass is 79.9. The fourth-order valence-corrected chi connectivity index (χ4v) is 3.77. The minimum atomic E-state index is 0.518. The number of hydrogen-bond acceptors (Lipinski definition) is 6. The Labute approximate surface area is 193 Å². The summed E-state index contributed by atoms with van der Waals surface area (Å²) in [7, 11) is 0. The van der Waals surface area contributed by atoms with Crippen molar-refractivity contribution in [1.29, 1.82) is 0 Å². The summed E-state index contributed by atoms with van der Waals surface area (Å²) in [6.45, 7) is 1.31. The zero-order chi connectivity index (χ0) is 21.8. The number of fused-ring (bicyclic) bond motifs is 1. The molecule has 7 nitrogen and oxygen atoms in total. The molecule has 8 heteroatoms. The van der Waals surface area contributed by atoms with E-state index in [1.807, 2.05) is 48.7 Å². The number of pyridine rings is 2. The standard InChI is InChI=1S/C24H20BrN7/c25-21-15-29-24(31-23(21)28-14-19-5-1-3-10-26-19)30-18-7-8-22-17(13-18)9-12-32(22)16-20-6-2-4-11-27-20/h1-13,15H,14,16H2,(H2,28,29,30,31). The average Bonchev–Trinajstić information content (AvgIpc) is 3.22. The molecule has 5 aromatic rings. The molecule has 2 N–H and O–H groups in total. The molecular formula is C24H20BrN7. The van der Waals surface area contributed by atoms with Gasteiger partial charge in [-0.2, -0.15) is 4.98 Å². The number of hydrogen-bond donors (Lipinski definition) is 2. The van der Waals surface area contributed by atoms with Crippen molar-refractivity contribution in [2.75, 3.05) is 10.6 Å². The van der Waals surface area contributed by atoms with E-state index in [0.717, 1.165) is 39.0 Å². The van der Waals surface area contributed by atoms with Gasteiger partial charge >= 0.3 is 0 Å². The van der Waals surface area contributed by atoms with E-state index in [1.54, 1.807) is 12.4 Å². The Hall–Kier alpha value is -3.78. The molecule has 0 unspecified atom stereocenters. The zero-order valence-corrected chi connectivity index (χ0v) is 18.7. The van der Waals surface area contributed by atoms with Crippen molar-refractivity contribution in [3.05, 3.63) is 101 Å². The van der Waals surface area contributed by atoms with Crippen molar-refractivity contribution in [2.45, 2.75) is 13.1 Å². The van der Waals surface area contributed by atoms with Crippen LogP contribution in [0, 0.1) is 0 Å². The van der Waals surface area contributed by atoms with Crippen LogP contribution in [-0.4, -0.2) is 24.5 Å². The molecule has 0 radical (unpaired) electrons. The molecule has 0 aliphatic heterocycles. The maximum Gasteiger partial charge on any atom is 0.229 e. The SMILES string of the molecule is Brc1cnc(Nc2ccc3c(ccn3Cc3ccccn3)c2)nc1NCc1ccccn1. The first kappa shape index (κ1) is 20.1. The number of nitrogens with zero attached hydrogens (tertiary/aromatic N) is 5. The predicted octanol–water partition coefficient (Wildman–Crippen LogP) is 5.39. The molecule has 5 rings (SSSR count). The van der Waals surface area contributed by atoms with E-state index in [-0.39, 0.29) is 0 Å². The van der Waals surface area contributed by atoms with Crippen molar-refractivity contribution >= 4 is 44.3 Å². The lowest BCUT2D eigenvalue weighted by atomic mass is 10.2. The van der Waals surface area contributed by atoms with Gasteiger partial charge in [0, 0.05) is 41.4 Å². The van der Waals surface area contributed by atoms with Gasteiger partial charge in [-0.05, 0) is 64.5 Å². The number of aromatic nitrogens is 5. The summed E-state index contributed by atoms with van der Waals surface area (Å²) in [5.74, 6) is 1.22. The molecule has 0 saturated carbocycles. The van der Waals surface area contributed by atoms with Crippen molar-refractivity contribution in [3.8, 4) is 0 Å². The van der Waals surface area contributed by atoms with Crippen molar-refractivity contribution in [2.24, 2.45) is 0 Å². The molecule has 0 aliphatic carbocycles. The Balaban J connectivity index is 1.32. The lowest BCUT2D eigenvalue weighted by molar-refractivity contribution is 0.807. The summed E-state index contributed by atoms with van der Waals surface area (Å²) in [5, 5.41) is 7.74. The normalized spacial score (nSPS) is 10.9. The summed E-state index contributed by atoms with van der Waals surface area (Å²) in [6.07, 6.45) is 7.41. The van der Waals surface area contributed by atoms with Crippen molar-refractivity contribution < 1.29 is 0 Å². The quantitative estimate of drug-likeness (QED) is 0.321. The summed E-state index contributed by atoms with van der Waals surface area (Å²) < 4.78 is 2.98. The van der Waals surface area contributed by atoms with Crippen molar-refractivity contribution in [3.63, 3.8) is 0 Å². The second-order valence-corrected chi connectivity index (χ2v) is 8.08. The molecule has 0 fully saturated rings. The van der Waals surface area contributed by atoms with E-state index in [0.29, 0.717) is 18.3 Å². The van der Waals surface area contributed by atoms with E-state index < -0.39 is 0 Å². The third kappa shape index (κ3) is 4.60. The van der Waals surface area contributed by atoms with E-state index >= 15 is 0 Å². The van der Waals surface area contributed by atoms with Crippen LogP contribution >= 0.6 is 15.9 Å². The highest BCUT2D eigenvalue weighted by Gasteiger charge is 2.08. The molecule has 4 aromatic heterocycles. The first-order valence-electron chi connectivity index (χ1n) is 10.2. The number of benzene rings is 1. The van der Waals surface area contributed by atoms with Crippen LogP contribution in [0.25, 0.3) is 10.9 Å². The van der Waals surface area contributed by atoms with Crippen LogP contribution in [0.3, 0.4) is 0 Å². The maximum atomic E-state index is 4.60. The highest BCUT2D eigenvalue weighted by Crippen LogP contribution is 2.25. The van der Waals surface area contributed by atoms with E-state index in [2.05, 4.69) is 75.5 Å². The van der Waals surface area contributed by atoms with Gasteiger partial charge in [0.15, 0.2) is 0 Å². The fraction of sp³-hybridized carbons (Fsp3) is 0.0833. The van der Waals surface area contributed by atoms with Crippen LogP contribution in [0.4, 0.5) is 17.5 Å². The average molecular weight is 486 g/mol. The molecule has 0 aliphatic rings. The van der Waals surface area contributed by atoms with Gasteiger partial charge in [-0.3, -0.25) is 9.97 Å². The van der Waals surface area contributed by atoms with Crippen LogP contribution in [-0.2, 0) is 13.1 Å². The third-order valence-corrected chi connectivity index (χ3v) is 5.57. The fourth-order valence-electron chi connectivity index (χ4n) is 3.44. The molecule has 4 heterocycles. The van der Waals surface area contributed by atoms with Gasteiger partial charge in [-0.15, -0.1) is 0 Å². The first-order chi connectivity index (χ1) is 15.7. The molecule has 0 amide bonds. The van der Waals surface area contributed by atoms with Gasteiger partial charge in [-0.25, -0.2) is 4.98 Å². The summed E-state index contributed by atoms with van der Waals surface area (Å²) in [5.41, 5.74) is 4.04. The van der Waals surface area contributed by atoms with Gasteiger partial charge in [0.2, 0.25) is 5.95 Å². The molecule has 0 spiro atoms. The number of nitrogens with one attached hydrogen (secondary N) is 2. The summed E-state index contributed by atoms with van der Waals surface area (Å²) in [4.78, 5) is 17.7. The molecule has 158 valence electrons. The van der Waals surface area contributed by atoms with Crippen LogP contribution in [0.2, 0.25) is 0 Å². The van der Waals surface area contributed by atoms with Gasteiger partial charge in [0.25, 0.3) is 0 Å². The Morgan fingerprint density at radius 3 is 2.47 bits per heavy atom. The van der Waals surface area contributed by atoms with Crippen LogP contribution in [0.15, 0.2) is 89.9 Å². The van der Waals surface area contributed by atoms with Crippen LogP contribution in [0.5, 0.6) is 0 Å².